The van der Waals surface area contributed by atoms with Crippen LogP contribution in [0.15, 0.2) is 0 Å². The molecule has 0 aliphatic carbocycles. The molecule has 0 atom stereocenters. The van der Waals surface area contributed by atoms with Crippen molar-refractivity contribution >= 4 is 24.9 Å². The fourth-order valence-corrected chi connectivity index (χ4v) is 1.25. The van der Waals surface area contributed by atoms with Gasteiger partial charge in [-0.3, -0.25) is 4.57 Å². The quantitative estimate of drug-likeness (QED) is 0.290. The predicted octanol–water partition coefficient (Wildman–Crippen LogP) is -0.352. The minimum atomic E-state index is -3.84. The van der Waals surface area contributed by atoms with Gasteiger partial charge < -0.3 is 20.4 Å². The van der Waals surface area contributed by atoms with Crippen molar-refractivity contribution in [1.82, 2.24) is 10.6 Å². The molecule has 0 amide bonds. The molecule has 5 nitrogen and oxygen atoms in total. The standard InChI is InChI=1S/C5H13N2O3PS/c1-6-5(12)7-3-2-4-11(8,9)10/h2-4H2,1H3,(H2,6,7,12)(H2,8,9,10). The molecule has 0 aromatic carbocycles. The molecule has 12 heavy (non-hydrogen) atoms. The Kier molecular flexibility index (Phi) is 5.41. The Morgan fingerprint density at radius 3 is 2.58 bits per heavy atom. The second-order valence-corrected chi connectivity index (χ2v) is 4.43. The largest absolute Gasteiger partial charge is 0.366 e. The summed E-state index contributed by atoms with van der Waals surface area (Å²) >= 11 is 4.75. The highest BCUT2D eigenvalue weighted by Crippen LogP contribution is 2.34. The molecule has 0 spiro atoms. The molecule has 0 fully saturated rings. The van der Waals surface area contributed by atoms with Crippen molar-refractivity contribution in [2.45, 2.75) is 6.42 Å². The Morgan fingerprint density at radius 1 is 1.58 bits per heavy atom. The Balaban J connectivity index is 3.34. The molecule has 0 aliphatic heterocycles. The van der Waals surface area contributed by atoms with Gasteiger partial charge in [-0.1, -0.05) is 0 Å². The van der Waals surface area contributed by atoms with Crippen molar-refractivity contribution < 1.29 is 14.4 Å². The van der Waals surface area contributed by atoms with Gasteiger partial charge in [-0.05, 0) is 18.6 Å². The van der Waals surface area contributed by atoms with E-state index in [-0.39, 0.29) is 6.16 Å². The van der Waals surface area contributed by atoms with Crippen molar-refractivity contribution in [3.05, 3.63) is 0 Å². The van der Waals surface area contributed by atoms with E-state index in [0.29, 0.717) is 18.1 Å². The maximum absolute atomic E-state index is 10.4. The molecule has 4 N–H and O–H groups in total. The van der Waals surface area contributed by atoms with Gasteiger partial charge in [-0.2, -0.15) is 0 Å². The van der Waals surface area contributed by atoms with Gasteiger partial charge in [-0.15, -0.1) is 0 Å². The maximum Gasteiger partial charge on any atom is 0.325 e. The van der Waals surface area contributed by atoms with Crippen LogP contribution in [0.25, 0.3) is 0 Å². The number of thiocarbonyl (C=S) groups is 1. The van der Waals surface area contributed by atoms with E-state index in [1.54, 1.807) is 7.05 Å². The lowest BCUT2D eigenvalue weighted by Gasteiger charge is -2.06. The van der Waals surface area contributed by atoms with Crippen molar-refractivity contribution in [3.63, 3.8) is 0 Å². The third kappa shape index (κ3) is 7.94. The summed E-state index contributed by atoms with van der Waals surface area (Å²) in [7, 11) is -2.16. The summed E-state index contributed by atoms with van der Waals surface area (Å²) in [5.74, 6) is 0. The first kappa shape index (κ1) is 11.8. The Hall–Kier alpha value is -0.160. The fourth-order valence-electron chi connectivity index (χ4n) is 0.575. The second-order valence-electron chi connectivity index (χ2n) is 2.25. The third-order valence-electron chi connectivity index (χ3n) is 1.14. The maximum atomic E-state index is 10.4. The lowest BCUT2D eigenvalue weighted by atomic mass is 10.5. The summed E-state index contributed by atoms with van der Waals surface area (Å²) in [6.07, 6.45) is 0.304. The van der Waals surface area contributed by atoms with Crippen LogP contribution in [0.2, 0.25) is 0 Å². The molecule has 0 aromatic rings. The molecular weight excluding hydrogens is 199 g/mol. The molecule has 0 radical (unpaired) electrons. The number of nitrogens with one attached hydrogen (secondary N) is 2. The van der Waals surface area contributed by atoms with Crippen LogP contribution in [0.5, 0.6) is 0 Å². The normalized spacial score (nSPS) is 10.9. The topological polar surface area (TPSA) is 81.6 Å². The summed E-state index contributed by atoms with van der Waals surface area (Å²) < 4.78 is 10.4. The molecule has 0 heterocycles. The summed E-state index contributed by atoms with van der Waals surface area (Å²) in [5, 5.41) is 5.96. The van der Waals surface area contributed by atoms with Crippen LogP contribution < -0.4 is 10.6 Å². The van der Waals surface area contributed by atoms with E-state index in [9.17, 15) is 4.57 Å². The summed E-state index contributed by atoms with van der Waals surface area (Å²) in [4.78, 5) is 16.9. The Morgan fingerprint density at radius 2 is 2.17 bits per heavy atom. The van der Waals surface area contributed by atoms with Crippen LogP contribution in [0, 0.1) is 0 Å². The van der Waals surface area contributed by atoms with Crippen molar-refractivity contribution in [2.75, 3.05) is 19.8 Å². The van der Waals surface area contributed by atoms with Gasteiger partial charge >= 0.3 is 7.60 Å². The number of hydrogen-bond acceptors (Lipinski definition) is 2. The lowest BCUT2D eigenvalue weighted by molar-refractivity contribution is 0.371. The fraction of sp³-hybridized carbons (Fsp3) is 0.800. The van der Waals surface area contributed by atoms with Crippen LogP contribution >= 0.6 is 19.8 Å². The van der Waals surface area contributed by atoms with Crippen molar-refractivity contribution in [2.24, 2.45) is 0 Å². The molecule has 0 unspecified atom stereocenters. The predicted molar refractivity (Wildman–Crippen MR) is 51.2 cm³/mol. The molecular formula is C5H13N2O3PS. The SMILES string of the molecule is CNC(=S)NCCCP(=O)(O)O. The van der Waals surface area contributed by atoms with Crippen LogP contribution in [-0.4, -0.2) is 34.7 Å². The van der Waals surface area contributed by atoms with Gasteiger partial charge in [0, 0.05) is 13.6 Å². The minimum Gasteiger partial charge on any atom is -0.366 e. The van der Waals surface area contributed by atoms with E-state index >= 15 is 0 Å². The van der Waals surface area contributed by atoms with E-state index in [4.69, 9.17) is 22.0 Å². The minimum absolute atomic E-state index is 0.105. The Labute approximate surface area is 76.7 Å². The van der Waals surface area contributed by atoms with E-state index in [2.05, 4.69) is 10.6 Å². The second kappa shape index (κ2) is 5.48. The van der Waals surface area contributed by atoms with Crippen LogP contribution in [0.3, 0.4) is 0 Å². The summed E-state index contributed by atoms with van der Waals surface area (Å²) in [5.41, 5.74) is 0. The van der Waals surface area contributed by atoms with E-state index in [0.717, 1.165) is 0 Å². The molecule has 7 heteroatoms. The van der Waals surface area contributed by atoms with Gasteiger partial charge in [0.25, 0.3) is 0 Å². The lowest BCUT2D eigenvalue weighted by Crippen LogP contribution is -2.33. The van der Waals surface area contributed by atoms with E-state index in [1.165, 1.54) is 0 Å². The number of hydrogen-bond donors (Lipinski definition) is 4. The van der Waals surface area contributed by atoms with Crippen molar-refractivity contribution in [1.29, 1.82) is 0 Å². The molecule has 0 bridgehead atoms. The number of rotatable bonds is 4. The third-order valence-corrected chi connectivity index (χ3v) is 2.39. The first-order valence-corrected chi connectivity index (χ1v) is 5.66. The van der Waals surface area contributed by atoms with Gasteiger partial charge in [0.15, 0.2) is 5.11 Å². The van der Waals surface area contributed by atoms with Crippen LogP contribution in [0.1, 0.15) is 6.42 Å². The molecule has 0 rings (SSSR count). The monoisotopic (exact) mass is 212 g/mol. The van der Waals surface area contributed by atoms with Gasteiger partial charge in [-0.25, -0.2) is 0 Å². The smallest absolute Gasteiger partial charge is 0.325 e. The first-order valence-electron chi connectivity index (χ1n) is 3.46. The Bertz CT molecular complexity index is 193. The highest BCUT2D eigenvalue weighted by atomic mass is 32.1. The van der Waals surface area contributed by atoms with E-state index in [1.807, 2.05) is 0 Å². The highest BCUT2D eigenvalue weighted by Gasteiger charge is 2.10. The zero-order chi connectivity index (χ0) is 9.61. The van der Waals surface area contributed by atoms with E-state index < -0.39 is 7.60 Å². The summed E-state index contributed by atoms with van der Waals surface area (Å²) in [6.45, 7) is 0.477. The molecule has 0 saturated carbocycles. The molecule has 0 saturated heterocycles. The average molecular weight is 212 g/mol. The van der Waals surface area contributed by atoms with Gasteiger partial charge in [0.05, 0.1) is 6.16 Å². The van der Waals surface area contributed by atoms with Crippen LogP contribution in [-0.2, 0) is 4.57 Å². The zero-order valence-corrected chi connectivity index (χ0v) is 8.49. The van der Waals surface area contributed by atoms with Gasteiger partial charge in [0.2, 0.25) is 0 Å². The molecule has 0 aromatic heterocycles. The average Bonchev–Trinajstić information content (AvgIpc) is 1.96. The van der Waals surface area contributed by atoms with Crippen LogP contribution in [0.4, 0.5) is 0 Å². The molecule has 0 aliphatic rings. The highest BCUT2D eigenvalue weighted by molar-refractivity contribution is 7.80. The summed E-state index contributed by atoms with van der Waals surface area (Å²) in [6, 6.07) is 0. The van der Waals surface area contributed by atoms with Crippen molar-refractivity contribution in [3.8, 4) is 0 Å². The molecule has 72 valence electrons. The first-order chi connectivity index (χ1) is 5.45. The zero-order valence-electron chi connectivity index (χ0n) is 6.78. The van der Waals surface area contributed by atoms with Gasteiger partial charge in [0.1, 0.15) is 0 Å².